The third-order valence-electron chi connectivity index (χ3n) is 5.04. The number of unbranched alkanes of at least 4 members (excludes halogenated alkanes) is 1. The van der Waals surface area contributed by atoms with Crippen LogP contribution in [0.1, 0.15) is 43.4 Å². The molecule has 0 radical (unpaired) electrons. The SMILES string of the molecule is CCCCC1(c2ccc(F)cc2)NC(=O)N(CC(O)c2ccccc2Cl)C1=O. The predicted octanol–water partition coefficient (Wildman–Crippen LogP) is 4.15. The molecular formula is C21H22ClFN2O3. The van der Waals surface area contributed by atoms with E-state index in [4.69, 9.17) is 11.6 Å². The first-order valence-corrected chi connectivity index (χ1v) is 9.59. The minimum absolute atomic E-state index is 0.219. The molecule has 0 aromatic heterocycles. The quantitative estimate of drug-likeness (QED) is 0.681. The molecule has 2 unspecified atom stereocenters. The summed E-state index contributed by atoms with van der Waals surface area (Å²) in [5.41, 5.74) is -0.297. The monoisotopic (exact) mass is 404 g/mol. The number of rotatable bonds is 7. The second-order valence-corrected chi connectivity index (χ2v) is 7.31. The van der Waals surface area contributed by atoms with E-state index < -0.39 is 29.4 Å². The van der Waals surface area contributed by atoms with Crippen LogP contribution in [0.4, 0.5) is 9.18 Å². The normalized spacial score (nSPS) is 20.4. The van der Waals surface area contributed by atoms with Crippen molar-refractivity contribution < 1.29 is 19.1 Å². The Morgan fingerprint density at radius 3 is 2.50 bits per heavy atom. The maximum absolute atomic E-state index is 13.4. The van der Waals surface area contributed by atoms with Crippen LogP contribution < -0.4 is 5.32 Å². The molecule has 0 bridgehead atoms. The standard InChI is InChI=1S/C21H22ClFN2O3/c1-2-3-12-21(14-8-10-15(23)11-9-14)19(27)25(20(28)24-21)13-18(26)16-6-4-5-7-17(16)22/h4-11,18,26H,2-3,12-13H2,1H3,(H,24,28). The van der Waals surface area contributed by atoms with Gasteiger partial charge in [-0.2, -0.15) is 0 Å². The number of nitrogens with one attached hydrogen (secondary N) is 1. The average molecular weight is 405 g/mol. The molecule has 2 aromatic rings. The molecule has 28 heavy (non-hydrogen) atoms. The first-order valence-electron chi connectivity index (χ1n) is 9.21. The minimum atomic E-state index is -1.26. The number of urea groups is 1. The number of hydrogen-bond acceptors (Lipinski definition) is 3. The van der Waals surface area contributed by atoms with Gasteiger partial charge in [0.05, 0.1) is 12.6 Å². The molecule has 1 aliphatic heterocycles. The van der Waals surface area contributed by atoms with Gasteiger partial charge in [-0.3, -0.25) is 9.69 Å². The molecule has 1 heterocycles. The summed E-state index contributed by atoms with van der Waals surface area (Å²) in [6.45, 7) is 1.77. The average Bonchev–Trinajstić information content (AvgIpc) is 2.92. The fraction of sp³-hybridized carbons (Fsp3) is 0.333. The predicted molar refractivity (Wildman–Crippen MR) is 104 cm³/mol. The summed E-state index contributed by atoms with van der Waals surface area (Å²) in [6.07, 6.45) is 0.801. The molecule has 1 fully saturated rings. The molecule has 0 saturated carbocycles. The Morgan fingerprint density at radius 1 is 1.18 bits per heavy atom. The lowest BCUT2D eigenvalue weighted by Crippen LogP contribution is -2.44. The molecule has 2 aromatic carbocycles. The highest BCUT2D eigenvalue weighted by Gasteiger charge is 2.52. The molecule has 1 saturated heterocycles. The van der Waals surface area contributed by atoms with Crippen molar-refractivity contribution in [2.24, 2.45) is 0 Å². The molecule has 1 aliphatic rings. The maximum atomic E-state index is 13.4. The second-order valence-electron chi connectivity index (χ2n) is 6.90. The number of imide groups is 1. The van der Waals surface area contributed by atoms with Crippen LogP contribution in [0.25, 0.3) is 0 Å². The smallest absolute Gasteiger partial charge is 0.325 e. The number of aliphatic hydroxyl groups excluding tert-OH is 1. The molecule has 2 atom stereocenters. The van der Waals surface area contributed by atoms with Crippen molar-refractivity contribution in [2.45, 2.75) is 37.8 Å². The number of nitrogens with zero attached hydrogens (tertiary/aromatic N) is 1. The summed E-state index contributed by atoms with van der Waals surface area (Å²) in [5.74, 6) is -0.874. The van der Waals surface area contributed by atoms with Crippen molar-refractivity contribution in [3.63, 3.8) is 0 Å². The summed E-state index contributed by atoms with van der Waals surface area (Å²) < 4.78 is 13.4. The molecule has 2 N–H and O–H groups in total. The summed E-state index contributed by atoms with van der Waals surface area (Å²) >= 11 is 6.11. The largest absolute Gasteiger partial charge is 0.386 e. The molecular weight excluding hydrogens is 383 g/mol. The van der Waals surface area contributed by atoms with Gasteiger partial charge in [-0.15, -0.1) is 0 Å². The summed E-state index contributed by atoms with van der Waals surface area (Å²) in [5, 5.41) is 13.7. The zero-order valence-corrected chi connectivity index (χ0v) is 16.2. The van der Waals surface area contributed by atoms with Crippen molar-refractivity contribution in [2.75, 3.05) is 6.54 Å². The van der Waals surface area contributed by atoms with Crippen molar-refractivity contribution >= 4 is 23.5 Å². The van der Waals surface area contributed by atoms with E-state index in [1.165, 1.54) is 24.3 Å². The van der Waals surface area contributed by atoms with Gasteiger partial charge in [-0.05, 0) is 30.2 Å². The van der Waals surface area contributed by atoms with E-state index in [2.05, 4.69) is 5.32 Å². The van der Waals surface area contributed by atoms with E-state index in [9.17, 15) is 19.1 Å². The number of amides is 3. The van der Waals surface area contributed by atoms with Gasteiger partial charge in [0, 0.05) is 10.6 Å². The highest BCUT2D eigenvalue weighted by Crippen LogP contribution is 2.35. The number of benzene rings is 2. The molecule has 5 nitrogen and oxygen atoms in total. The van der Waals surface area contributed by atoms with Crippen molar-refractivity contribution in [1.29, 1.82) is 0 Å². The molecule has 0 aliphatic carbocycles. The number of β-amino-alcohol motifs (C(OH)–C–C–N with tert-alkyl or cyclic N) is 1. The topological polar surface area (TPSA) is 69.6 Å². The van der Waals surface area contributed by atoms with Gasteiger partial charge in [0.1, 0.15) is 11.4 Å². The lowest BCUT2D eigenvalue weighted by atomic mass is 9.84. The van der Waals surface area contributed by atoms with E-state index in [0.29, 0.717) is 29.0 Å². The Labute approximate surface area is 168 Å². The zero-order chi connectivity index (χ0) is 20.3. The van der Waals surface area contributed by atoms with Gasteiger partial charge < -0.3 is 10.4 Å². The van der Waals surface area contributed by atoms with Gasteiger partial charge in [0.15, 0.2) is 0 Å². The first-order chi connectivity index (χ1) is 13.4. The molecule has 3 rings (SSSR count). The Bertz CT molecular complexity index is 874. The number of aliphatic hydroxyl groups is 1. The van der Waals surface area contributed by atoms with Crippen molar-refractivity contribution in [3.05, 3.63) is 70.5 Å². The first kappa shape index (κ1) is 20.3. The van der Waals surface area contributed by atoms with E-state index in [1.54, 1.807) is 24.3 Å². The Balaban J connectivity index is 1.90. The third kappa shape index (κ3) is 3.75. The van der Waals surface area contributed by atoms with Crippen LogP contribution in [0.2, 0.25) is 5.02 Å². The Kier molecular flexibility index (Phi) is 6.01. The summed E-state index contributed by atoms with van der Waals surface area (Å²) in [7, 11) is 0. The summed E-state index contributed by atoms with van der Waals surface area (Å²) in [4.78, 5) is 26.9. The lowest BCUT2D eigenvalue weighted by Gasteiger charge is -2.27. The maximum Gasteiger partial charge on any atom is 0.325 e. The number of carbonyl (C=O) groups is 2. The van der Waals surface area contributed by atoms with Gasteiger partial charge in [-0.1, -0.05) is 61.7 Å². The van der Waals surface area contributed by atoms with Crippen LogP contribution in [0.15, 0.2) is 48.5 Å². The minimum Gasteiger partial charge on any atom is -0.386 e. The summed E-state index contributed by atoms with van der Waals surface area (Å²) in [6, 6.07) is 11.7. The van der Waals surface area contributed by atoms with Crippen LogP contribution in [0.3, 0.4) is 0 Å². The molecule has 148 valence electrons. The van der Waals surface area contributed by atoms with Crippen molar-refractivity contribution in [1.82, 2.24) is 10.2 Å². The zero-order valence-electron chi connectivity index (χ0n) is 15.5. The van der Waals surface area contributed by atoms with Gasteiger partial charge >= 0.3 is 6.03 Å². The van der Waals surface area contributed by atoms with Crippen LogP contribution in [0, 0.1) is 5.82 Å². The number of hydrogen-bond donors (Lipinski definition) is 2. The molecule has 3 amide bonds. The van der Waals surface area contributed by atoms with E-state index in [1.807, 2.05) is 6.92 Å². The van der Waals surface area contributed by atoms with E-state index >= 15 is 0 Å². The van der Waals surface area contributed by atoms with Gasteiger partial charge in [0.25, 0.3) is 5.91 Å². The highest BCUT2D eigenvalue weighted by atomic mass is 35.5. The van der Waals surface area contributed by atoms with E-state index in [0.717, 1.165) is 11.3 Å². The second kappa shape index (κ2) is 8.29. The van der Waals surface area contributed by atoms with Crippen LogP contribution in [0.5, 0.6) is 0 Å². The third-order valence-corrected chi connectivity index (χ3v) is 5.38. The molecule has 7 heteroatoms. The van der Waals surface area contributed by atoms with Crippen LogP contribution >= 0.6 is 11.6 Å². The van der Waals surface area contributed by atoms with Gasteiger partial charge in [0.2, 0.25) is 0 Å². The van der Waals surface area contributed by atoms with Crippen molar-refractivity contribution in [3.8, 4) is 0 Å². The van der Waals surface area contributed by atoms with Gasteiger partial charge in [-0.25, -0.2) is 9.18 Å². The number of carbonyl (C=O) groups excluding carboxylic acids is 2. The Hall–Kier alpha value is -2.44. The highest BCUT2D eigenvalue weighted by molar-refractivity contribution is 6.31. The fourth-order valence-corrected chi connectivity index (χ4v) is 3.76. The Morgan fingerprint density at radius 2 is 1.86 bits per heavy atom. The fourth-order valence-electron chi connectivity index (χ4n) is 3.49. The lowest BCUT2D eigenvalue weighted by molar-refractivity contribution is -0.133. The van der Waals surface area contributed by atoms with Crippen LogP contribution in [-0.2, 0) is 10.3 Å². The van der Waals surface area contributed by atoms with Crippen LogP contribution in [-0.4, -0.2) is 28.5 Å². The molecule has 0 spiro atoms. The van der Waals surface area contributed by atoms with E-state index in [-0.39, 0.29) is 6.54 Å². The number of halogens is 2.